The lowest BCUT2D eigenvalue weighted by atomic mass is 10.0. The second-order valence-electron chi connectivity index (χ2n) is 7.45. The number of benzene rings is 2. The van der Waals surface area contributed by atoms with Gasteiger partial charge >= 0.3 is 12.4 Å². The first-order chi connectivity index (χ1) is 17.2. The van der Waals surface area contributed by atoms with E-state index in [1.165, 1.54) is 36.4 Å². The van der Waals surface area contributed by atoms with Gasteiger partial charge in [-0.25, -0.2) is 15.8 Å². The van der Waals surface area contributed by atoms with Crippen molar-refractivity contribution in [3.05, 3.63) is 72.7 Å². The Kier molecular flexibility index (Phi) is 7.01. The van der Waals surface area contributed by atoms with Gasteiger partial charge in [-0.15, -0.1) is 13.2 Å². The molecule has 0 radical (unpaired) electrons. The molecule has 2 aromatic carbocycles. The molecule has 36 heavy (non-hydrogen) atoms. The molecule has 2 heterocycles. The summed E-state index contributed by atoms with van der Waals surface area (Å²) >= 11 is 0. The molecule has 0 saturated carbocycles. The molecule has 0 fully saturated rings. The first-order valence-corrected chi connectivity index (χ1v) is 10.5. The third-order valence-corrected chi connectivity index (χ3v) is 4.97. The molecule has 4 aromatic rings. The molecule has 0 aliphatic heterocycles. The van der Waals surface area contributed by atoms with E-state index in [9.17, 15) is 18.0 Å². The van der Waals surface area contributed by atoms with Crippen LogP contribution in [0.1, 0.15) is 10.4 Å². The second-order valence-corrected chi connectivity index (χ2v) is 7.45. The normalized spacial score (nSPS) is 11.2. The van der Waals surface area contributed by atoms with Crippen molar-refractivity contribution in [2.24, 2.45) is 5.84 Å². The SMILES string of the molecule is Nc1ccc(-c2ccc(OC(F)(F)F)cc2)cc1C(=O)N(N)CCOc1ncc(-c2ccn[nH]2)cn1. The maximum atomic E-state index is 12.9. The summed E-state index contributed by atoms with van der Waals surface area (Å²) in [6, 6.07) is 11.8. The summed E-state index contributed by atoms with van der Waals surface area (Å²) in [6.07, 6.45) is -0.0466. The number of alkyl halides is 3. The van der Waals surface area contributed by atoms with Crippen LogP contribution in [0, 0.1) is 0 Å². The quantitative estimate of drug-likeness (QED) is 0.145. The number of carbonyl (C=O) groups is 1. The van der Waals surface area contributed by atoms with Gasteiger partial charge in [0.2, 0.25) is 0 Å². The van der Waals surface area contributed by atoms with E-state index in [1.54, 1.807) is 30.7 Å². The lowest BCUT2D eigenvalue weighted by Gasteiger charge is -2.18. The number of anilines is 1. The maximum Gasteiger partial charge on any atom is 0.573 e. The highest BCUT2D eigenvalue weighted by molar-refractivity contribution is 6.00. The van der Waals surface area contributed by atoms with E-state index >= 15 is 0 Å². The maximum absolute atomic E-state index is 12.9. The van der Waals surface area contributed by atoms with Crippen molar-refractivity contribution in [2.75, 3.05) is 18.9 Å². The highest BCUT2D eigenvalue weighted by Crippen LogP contribution is 2.28. The third kappa shape index (κ3) is 6.07. The van der Waals surface area contributed by atoms with Gasteiger partial charge in [0.15, 0.2) is 0 Å². The molecule has 1 amide bonds. The lowest BCUT2D eigenvalue weighted by Crippen LogP contribution is -2.40. The van der Waals surface area contributed by atoms with Crippen LogP contribution in [0.25, 0.3) is 22.4 Å². The molecular weight excluding hydrogens is 479 g/mol. The van der Waals surface area contributed by atoms with Gasteiger partial charge in [-0.05, 0) is 41.5 Å². The van der Waals surface area contributed by atoms with Crippen LogP contribution in [0.2, 0.25) is 0 Å². The van der Waals surface area contributed by atoms with Gasteiger partial charge in [0.25, 0.3) is 5.91 Å². The van der Waals surface area contributed by atoms with E-state index in [4.69, 9.17) is 16.3 Å². The molecule has 13 heteroatoms. The number of ether oxygens (including phenoxy) is 2. The van der Waals surface area contributed by atoms with Gasteiger partial charge < -0.3 is 15.2 Å². The number of halogens is 3. The predicted octanol–water partition coefficient (Wildman–Crippen LogP) is 3.41. The average molecular weight is 499 g/mol. The number of H-pyrrole nitrogens is 1. The molecule has 186 valence electrons. The molecule has 0 aliphatic carbocycles. The molecule has 2 aromatic heterocycles. The van der Waals surface area contributed by atoms with E-state index < -0.39 is 12.3 Å². The molecule has 0 unspecified atom stereocenters. The summed E-state index contributed by atoms with van der Waals surface area (Å²) in [6.45, 7) is 0.0313. The third-order valence-electron chi connectivity index (χ3n) is 4.97. The first-order valence-electron chi connectivity index (χ1n) is 10.5. The number of amides is 1. The Bertz CT molecular complexity index is 1310. The Morgan fingerprint density at radius 2 is 1.69 bits per heavy atom. The van der Waals surface area contributed by atoms with Crippen molar-refractivity contribution in [1.29, 1.82) is 0 Å². The van der Waals surface area contributed by atoms with Gasteiger partial charge in [0.1, 0.15) is 12.4 Å². The summed E-state index contributed by atoms with van der Waals surface area (Å²) in [5, 5.41) is 7.60. The van der Waals surface area contributed by atoms with Crippen LogP contribution in [0.5, 0.6) is 11.8 Å². The van der Waals surface area contributed by atoms with E-state index in [0.717, 1.165) is 16.3 Å². The van der Waals surface area contributed by atoms with Gasteiger partial charge in [-0.1, -0.05) is 18.2 Å². The summed E-state index contributed by atoms with van der Waals surface area (Å²) in [5.41, 5.74) is 8.89. The number of hydrogen-bond acceptors (Lipinski definition) is 8. The molecule has 4 rings (SSSR count). The number of aromatic nitrogens is 4. The van der Waals surface area contributed by atoms with Crippen molar-refractivity contribution in [3.63, 3.8) is 0 Å². The van der Waals surface area contributed by atoms with Gasteiger partial charge in [-0.3, -0.25) is 14.9 Å². The number of nitrogens with zero attached hydrogens (tertiary/aromatic N) is 4. The molecule has 0 spiro atoms. The van der Waals surface area contributed by atoms with Gasteiger partial charge in [-0.2, -0.15) is 5.10 Å². The largest absolute Gasteiger partial charge is 0.573 e. The Morgan fingerprint density at radius 1 is 1.00 bits per heavy atom. The monoisotopic (exact) mass is 499 g/mol. The molecule has 0 atom stereocenters. The van der Waals surface area contributed by atoms with Crippen LogP contribution in [0.4, 0.5) is 18.9 Å². The van der Waals surface area contributed by atoms with Crippen molar-refractivity contribution in [2.45, 2.75) is 6.36 Å². The van der Waals surface area contributed by atoms with E-state index in [0.29, 0.717) is 11.1 Å². The summed E-state index contributed by atoms with van der Waals surface area (Å²) in [5.74, 6) is 4.99. The number of hydrazine groups is 1. The highest BCUT2D eigenvalue weighted by Gasteiger charge is 2.31. The fraction of sp³-hybridized carbons (Fsp3) is 0.130. The minimum Gasteiger partial charge on any atom is -0.462 e. The van der Waals surface area contributed by atoms with Gasteiger partial charge in [0.05, 0.1) is 17.8 Å². The van der Waals surface area contributed by atoms with Gasteiger partial charge in [0, 0.05) is 29.8 Å². The van der Waals surface area contributed by atoms with Crippen molar-refractivity contribution in [1.82, 2.24) is 25.2 Å². The number of nitrogens with two attached hydrogens (primary N) is 2. The molecule has 0 saturated heterocycles. The van der Waals surface area contributed by atoms with Crippen LogP contribution >= 0.6 is 0 Å². The first kappa shape index (κ1) is 24.5. The van der Waals surface area contributed by atoms with Crippen LogP contribution < -0.4 is 21.1 Å². The van der Waals surface area contributed by atoms with E-state index in [1.807, 2.05) is 0 Å². The van der Waals surface area contributed by atoms with E-state index in [-0.39, 0.29) is 36.2 Å². The van der Waals surface area contributed by atoms with Crippen molar-refractivity contribution < 1.29 is 27.4 Å². The molecular formula is C23H20F3N7O3. The van der Waals surface area contributed by atoms with Crippen LogP contribution in [0.15, 0.2) is 67.1 Å². The molecule has 10 nitrogen and oxygen atoms in total. The lowest BCUT2D eigenvalue weighted by molar-refractivity contribution is -0.274. The Morgan fingerprint density at radius 3 is 2.33 bits per heavy atom. The molecule has 0 aliphatic rings. The zero-order valence-electron chi connectivity index (χ0n) is 18.6. The number of hydrogen-bond donors (Lipinski definition) is 3. The number of nitrogens with one attached hydrogen (secondary N) is 1. The second kappa shape index (κ2) is 10.3. The Hall–Kier alpha value is -4.65. The standard InChI is InChI=1S/C23H20F3N7O3/c24-23(25,26)36-17-4-1-14(2-5-17)15-3-6-19(27)18(11-15)21(34)33(28)9-10-35-22-29-12-16(13-30-22)20-7-8-31-32-20/h1-8,11-13H,9-10,27-28H2,(H,31,32). The van der Waals surface area contributed by atoms with Crippen LogP contribution in [-0.4, -0.2) is 50.6 Å². The van der Waals surface area contributed by atoms with Crippen LogP contribution in [-0.2, 0) is 0 Å². The summed E-state index contributed by atoms with van der Waals surface area (Å²) < 4.78 is 46.4. The fourth-order valence-electron chi connectivity index (χ4n) is 3.21. The number of nitrogen functional groups attached to an aromatic ring is 1. The number of rotatable bonds is 8. The number of carbonyl (C=O) groups excluding carboxylic acids is 1. The molecule has 0 bridgehead atoms. The minimum absolute atomic E-state index is 0.0115. The highest BCUT2D eigenvalue weighted by atomic mass is 19.4. The topological polar surface area (TPSA) is 145 Å². The zero-order valence-corrected chi connectivity index (χ0v) is 18.6. The average Bonchev–Trinajstić information content (AvgIpc) is 3.39. The van der Waals surface area contributed by atoms with E-state index in [2.05, 4.69) is 24.9 Å². The Balaban J connectivity index is 1.37. The zero-order chi connectivity index (χ0) is 25.7. The fourth-order valence-corrected chi connectivity index (χ4v) is 3.21. The number of aromatic amines is 1. The minimum atomic E-state index is -4.79. The van der Waals surface area contributed by atoms with Crippen molar-refractivity contribution >= 4 is 11.6 Å². The summed E-state index contributed by atoms with van der Waals surface area (Å²) in [4.78, 5) is 21.1. The summed E-state index contributed by atoms with van der Waals surface area (Å²) in [7, 11) is 0. The molecule has 5 N–H and O–H groups in total. The Labute approximate surface area is 202 Å². The van der Waals surface area contributed by atoms with Crippen molar-refractivity contribution in [3.8, 4) is 34.1 Å². The predicted molar refractivity (Wildman–Crippen MR) is 123 cm³/mol. The van der Waals surface area contributed by atoms with Crippen LogP contribution in [0.3, 0.4) is 0 Å². The smallest absolute Gasteiger partial charge is 0.462 e.